The van der Waals surface area contributed by atoms with Gasteiger partial charge in [0.15, 0.2) is 0 Å². The van der Waals surface area contributed by atoms with Crippen LogP contribution in [0.5, 0.6) is 5.75 Å². The molecule has 1 saturated carbocycles. The van der Waals surface area contributed by atoms with Crippen molar-refractivity contribution in [2.45, 2.75) is 70.4 Å². The van der Waals surface area contributed by atoms with Crippen molar-refractivity contribution in [1.29, 1.82) is 0 Å². The molecule has 2 amide bonds. The summed E-state index contributed by atoms with van der Waals surface area (Å²) in [5, 5.41) is 3.19. The van der Waals surface area contributed by atoms with Crippen LogP contribution in [0.25, 0.3) is 0 Å². The molecule has 2 aromatic carbocycles. The Morgan fingerprint density at radius 1 is 1.03 bits per heavy atom. The Hall–Kier alpha value is -2.82. The zero-order valence-corrected chi connectivity index (χ0v) is 19.2. The van der Waals surface area contributed by atoms with Crippen LogP contribution >= 0.6 is 0 Å². The molecule has 1 aliphatic carbocycles. The van der Waals surface area contributed by atoms with Gasteiger partial charge in [0.2, 0.25) is 11.8 Å². The molecule has 5 heteroatoms. The van der Waals surface area contributed by atoms with Gasteiger partial charge >= 0.3 is 0 Å². The van der Waals surface area contributed by atoms with Gasteiger partial charge in [-0.05, 0) is 49.8 Å². The third-order valence-electron chi connectivity index (χ3n) is 6.12. The number of nitrogens with zero attached hydrogens (tertiary/aromatic N) is 1. The summed E-state index contributed by atoms with van der Waals surface area (Å²) in [6.45, 7) is 3.01. The minimum atomic E-state index is -0.429. The van der Waals surface area contributed by atoms with E-state index in [1.165, 1.54) is 18.4 Å². The van der Waals surface area contributed by atoms with E-state index in [2.05, 4.69) is 17.4 Å². The molecule has 3 rings (SSSR count). The monoisotopic (exact) mass is 436 g/mol. The number of carbonyl (C=O) groups excluding carboxylic acids is 2. The zero-order chi connectivity index (χ0) is 22.6. The van der Waals surface area contributed by atoms with E-state index in [1.54, 1.807) is 4.90 Å². The van der Waals surface area contributed by atoms with Gasteiger partial charge in [0, 0.05) is 19.0 Å². The van der Waals surface area contributed by atoms with E-state index in [0.717, 1.165) is 25.0 Å². The van der Waals surface area contributed by atoms with Crippen molar-refractivity contribution < 1.29 is 14.3 Å². The van der Waals surface area contributed by atoms with Crippen LogP contribution in [0.4, 0.5) is 0 Å². The fourth-order valence-corrected chi connectivity index (χ4v) is 4.34. The van der Waals surface area contributed by atoms with E-state index in [1.807, 2.05) is 55.5 Å². The van der Waals surface area contributed by atoms with Crippen molar-refractivity contribution in [3.05, 3.63) is 66.2 Å². The van der Waals surface area contributed by atoms with Gasteiger partial charge in [-0.15, -0.1) is 0 Å². The maximum Gasteiger partial charge on any atom is 0.243 e. The number of hydrogen-bond donors (Lipinski definition) is 1. The van der Waals surface area contributed by atoms with Crippen LogP contribution in [0.2, 0.25) is 0 Å². The summed E-state index contributed by atoms with van der Waals surface area (Å²) in [7, 11) is 0. The highest BCUT2D eigenvalue weighted by Gasteiger charge is 2.30. The molecule has 172 valence electrons. The lowest BCUT2D eigenvalue weighted by Gasteiger charge is -2.31. The van der Waals surface area contributed by atoms with Gasteiger partial charge in [-0.2, -0.15) is 0 Å². The Morgan fingerprint density at radius 3 is 2.34 bits per heavy atom. The summed E-state index contributed by atoms with van der Waals surface area (Å²) >= 11 is 0. The van der Waals surface area contributed by atoms with Crippen LogP contribution in [0, 0.1) is 0 Å². The van der Waals surface area contributed by atoms with Crippen LogP contribution in [0.1, 0.15) is 57.4 Å². The van der Waals surface area contributed by atoms with E-state index in [-0.39, 0.29) is 17.9 Å². The summed E-state index contributed by atoms with van der Waals surface area (Å²) in [6.07, 6.45) is 6.75. The molecule has 0 aromatic heterocycles. The molecule has 0 radical (unpaired) electrons. The summed E-state index contributed by atoms with van der Waals surface area (Å²) < 4.78 is 5.74. The maximum atomic E-state index is 13.2. The van der Waals surface area contributed by atoms with Crippen LogP contribution in [0.15, 0.2) is 60.7 Å². The van der Waals surface area contributed by atoms with Gasteiger partial charge < -0.3 is 15.0 Å². The Morgan fingerprint density at radius 2 is 1.69 bits per heavy atom. The summed E-state index contributed by atoms with van der Waals surface area (Å²) in [6, 6.07) is 19.6. The van der Waals surface area contributed by atoms with Crippen LogP contribution < -0.4 is 10.1 Å². The number of carbonyl (C=O) groups is 2. The zero-order valence-electron chi connectivity index (χ0n) is 19.2. The Balaban J connectivity index is 1.59. The van der Waals surface area contributed by atoms with Gasteiger partial charge in [-0.3, -0.25) is 9.59 Å². The van der Waals surface area contributed by atoms with E-state index in [9.17, 15) is 9.59 Å². The largest absolute Gasteiger partial charge is 0.494 e. The lowest BCUT2D eigenvalue weighted by molar-refractivity contribution is -0.141. The fourth-order valence-electron chi connectivity index (χ4n) is 4.34. The molecule has 0 heterocycles. The van der Waals surface area contributed by atoms with Gasteiger partial charge in [-0.25, -0.2) is 0 Å². The van der Waals surface area contributed by atoms with E-state index in [4.69, 9.17) is 4.74 Å². The lowest BCUT2D eigenvalue weighted by Crippen LogP contribution is -2.51. The van der Waals surface area contributed by atoms with Crippen molar-refractivity contribution in [3.63, 3.8) is 0 Å². The average Bonchev–Trinajstić information content (AvgIpc) is 3.33. The Labute approximate surface area is 192 Å². The third-order valence-corrected chi connectivity index (χ3v) is 6.12. The number of nitrogens with one attached hydrogen (secondary N) is 1. The Kier molecular flexibility index (Phi) is 9.60. The fraction of sp³-hybridized carbons (Fsp3) is 0.481. The maximum absolute atomic E-state index is 13.2. The first-order valence-electron chi connectivity index (χ1n) is 12.0. The predicted molar refractivity (Wildman–Crippen MR) is 128 cm³/mol. The second-order valence-electron chi connectivity index (χ2n) is 8.50. The van der Waals surface area contributed by atoms with E-state index >= 15 is 0 Å². The quantitative estimate of drug-likeness (QED) is 0.488. The highest BCUT2D eigenvalue weighted by Crippen LogP contribution is 2.19. The molecular formula is C27H36N2O3. The lowest BCUT2D eigenvalue weighted by atomic mass is 10.1. The number of amides is 2. The SMILES string of the molecule is CC[C@@H](C(=O)NC1CCCC1)N(CCc1ccccc1)C(=O)CCCOc1ccccc1. The minimum absolute atomic E-state index is 0.0126. The molecular weight excluding hydrogens is 400 g/mol. The molecule has 2 aromatic rings. The van der Waals surface area contributed by atoms with Gasteiger partial charge in [0.05, 0.1) is 6.61 Å². The van der Waals surface area contributed by atoms with Crippen LogP contribution in [-0.2, 0) is 16.0 Å². The predicted octanol–water partition coefficient (Wildman–Crippen LogP) is 4.75. The summed E-state index contributed by atoms with van der Waals surface area (Å²) in [5.74, 6) is 0.815. The highest BCUT2D eigenvalue weighted by atomic mass is 16.5. The molecule has 1 atom stereocenters. The first-order chi connectivity index (χ1) is 15.7. The number of ether oxygens (including phenoxy) is 1. The van der Waals surface area contributed by atoms with Gasteiger partial charge in [0.25, 0.3) is 0 Å². The molecule has 5 nitrogen and oxygen atoms in total. The normalized spacial score (nSPS) is 14.7. The number of para-hydroxylation sites is 1. The molecule has 0 saturated heterocycles. The average molecular weight is 437 g/mol. The molecule has 1 fully saturated rings. The second-order valence-corrected chi connectivity index (χ2v) is 8.50. The van der Waals surface area contributed by atoms with Crippen LogP contribution in [0.3, 0.4) is 0 Å². The molecule has 1 N–H and O–H groups in total. The minimum Gasteiger partial charge on any atom is -0.494 e. The number of benzene rings is 2. The molecule has 0 unspecified atom stereocenters. The molecule has 32 heavy (non-hydrogen) atoms. The highest BCUT2D eigenvalue weighted by molar-refractivity contribution is 5.87. The number of rotatable bonds is 12. The first-order valence-corrected chi connectivity index (χ1v) is 12.0. The van der Waals surface area contributed by atoms with Crippen molar-refractivity contribution in [3.8, 4) is 5.75 Å². The van der Waals surface area contributed by atoms with Crippen molar-refractivity contribution >= 4 is 11.8 Å². The third kappa shape index (κ3) is 7.40. The van der Waals surface area contributed by atoms with E-state index < -0.39 is 6.04 Å². The molecule has 0 aliphatic heterocycles. The van der Waals surface area contributed by atoms with Crippen LogP contribution in [-0.4, -0.2) is 41.9 Å². The topological polar surface area (TPSA) is 58.6 Å². The first kappa shape index (κ1) is 23.8. The molecule has 1 aliphatic rings. The summed E-state index contributed by atoms with van der Waals surface area (Å²) in [4.78, 5) is 28.1. The Bertz CT molecular complexity index is 819. The summed E-state index contributed by atoms with van der Waals surface area (Å²) in [5.41, 5.74) is 1.17. The van der Waals surface area contributed by atoms with Crippen molar-refractivity contribution in [1.82, 2.24) is 10.2 Å². The second kappa shape index (κ2) is 12.9. The van der Waals surface area contributed by atoms with E-state index in [0.29, 0.717) is 32.4 Å². The standard InChI is InChI=1S/C27H36N2O3/c1-2-25(27(31)28-23-14-9-10-15-23)29(20-19-22-12-5-3-6-13-22)26(30)18-11-21-32-24-16-7-4-8-17-24/h3-8,12-13,16-17,23,25H,2,9-11,14-15,18-21H2,1H3,(H,28,31)/t25-/m0/s1. The number of hydrogen-bond acceptors (Lipinski definition) is 3. The smallest absolute Gasteiger partial charge is 0.243 e. The van der Waals surface area contributed by atoms with Gasteiger partial charge in [0.1, 0.15) is 11.8 Å². The molecule has 0 bridgehead atoms. The van der Waals surface area contributed by atoms with Crippen molar-refractivity contribution in [2.75, 3.05) is 13.2 Å². The van der Waals surface area contributed by atoms with Crippen molar-refractivity contribution in [2.24, 2.45) is 0 Å². The molecule has 0 spiro atoms. The van der Waals surface area contributed by atoms with Gasteiger partial charge in [-0.1, -0.05) is 68.3 Å².